The van der Waals surface area contributed by atoms with Crippen molar-refractivity contribution in [2.45, 2.75) is 59.5 Å². The molecule has 0 spiro atoms. The minimum absolute atomic E-state index is 0.0220. The highest BCUT2D eigenvalue weighted by Crippen LogP contribution is 2.23. The van der Waals surface area contributed by atoms with Crippen molar-refractivity contribution in [3.63, 3.8) is 0 Å². The van der Waals surface area contributed by atoms with Crippen LogP contribution in [0.3, 0.4) is 0 Å². The van der Waals surface area contributed by atoms with Gasteiger partial charge in [-0.25, -0.2) is 0 Å². The molecule has 0 bridgehead atoms. The molecule has 2 heterocycles. The first-order valence-corrected chi connectivity index (χ1v) is 8.37. The number of hydrogen-bond acceptors (Lipinski definition) is 4. The monoisotopic (exact) mass is 321 g/mol. The summed E-state index contributed by atoms with van der Waals surface area (Å²) in [6, 6.07) is 1.47. The summed E-state index contributed by atoms with van der Waals surface area (Å²) in [5.74, 6) is 1.39. The molecule has 6 heteroatoms. The van der Waals surface area contributed by atoms with Crippen molar-refractivity contribution in [2.24, 2.45) is 5.92 Å². The molecule has 1 atom stereocenters. The number of rotatable bonds is 6. The van der Waals surface area contributed by atoms with E-state index >= 15 is 0 Å². The predicted molar refractivity (Wildman–Crippen MR) is 86.6 cm³/mol. The lowest BCUT2D eigenvalue weighted by Gasteiger charge is -2.40. The summed E-state index contributed by atoms with van der Waals surface area (Å²) in [7, 11) is 0. The Morgan fingerprint density at radius 3 is 2.52 bits per heavy atom. The number of nitrogens with zero attached hydrogens (tertiary/aromatic N) is 3. The number of likely N-dealkylation sites (N-methyl/N-ethyl adjacent to an activating group) is 1. The zero-order chi connectivity index (χ0) is 17.1. The molecule has 1 saturated heterocycles. The summed E-state index contributed by atoms with van der Waals surface area (Å²) < 4.78 is 5.31. The molecule has 0 N–H and O–H groups in total. The Labute approximate surface area is 137 Å². The molecule has 1 fully saturated rings. The second-order valence-electron chi connectivity index (χ2n) is 6.89. The van der Waals surface area contributed by atoms with Crippen molar-refractivity contribution in [2.75, 3.05) is 13.1 Å². The van der Waals surface area contributed by atoms with Crippen LogP contribution in [0.15, 0.2) is 10.6 Å². The molecular formula is C17H27N3O3. The highest BCUT2D eigenvalue weighted by molar-refractivity contribution is 5.94. The number of hydrogen-bond donors (Lipinski definition) is 0. The number of piperazine rings is 1. The third-order valence-corrected chi connectivity index (χ3v) is 4.17. The summed E-state index contributed by atoms with van der Waals surface area (Å²) in [6.07, 6.45) is 0.663. The first-order chi connectivity index (χ1) is 10.8. The second-order valence-corrected chi connectivity index (χ2v) is 6.89. The predicted octanol–water partition coefficient (Wildman–Crippen LogP) is 2.40. The molecule has 1 aliphatic heterocycles. The lowest BCUT2D eigenvalue weighted by Crippen LogP contribution is -2.59. The van der Waals surface area contributed by atoms with Gasteiger partial charge in [0.2, 0.25) is 11.8 Å². The van der Waals surface area contributed by atoms with Gasteiger partial charge in [0.05, 0.1) is 13.1 Å². The van der Waals surface area contributed by atoms with Crippen LogP contribution >= 0.6 is 0 Å². The van der Waals surface area contributed by atoms with Gasteiger partial charge in [0.25, 0.3) is 0 Å². The molecular weight excluding hydrogens is 294 g/mol. The smallest absolute Gasteiger partial charge is 0.245 e. The van der Waals surface area contributed by atoms with Crippen LogP contribution in [0.5, 0.6) is 0 Å². The maximum atomic E-state index is 12.6. The van der Waals surface area contributed by atoms with Crippen LogP contribution in [0.4, 0.5) is 0 Å². The largest absolute Gasteiger partial charge is 0.361 e. The Balaban J connectivity index is 2.21. The van der Waals surface area contributed by atoms with Crippen LogP contribution < -0.4 is 0 Å². The Morgan fingerprint density at radius 1 is 1.30 bits per heavy atom. The van der Waals surface area contributed by atoms with E-state index in [1.165, 1.54) is 0 Å². The van der Waals surface area contributed by atoms with Crippen molar-refractivity contribution in [3.8, 4) is 0 Å². The van der Waals surface area contributed by atoms with Crippen LogP contribution in [-0.2, 0) is 16.1 Å². The van der Waals surface area contributed by atoms with Gasteiger partial charge in [-0.3, -0.25) is 9.59 Å². The molecule has 0 radical (unpaired) electrons. The maximum Gasteiger partial charge on any atom is 0.245 e. The third kappa shape index (κ3) is 3.92. The summed E-state index contributed by atoms with van der Waals surface area (Å²) in [6.45, 7) is 11.1. The van der Waals surface area contributed by atoms with E-state index in [-0.39, 0.29) is 24.3 Å². The minimum Gasteiger partial charge on any atom is -0.361 e. The average molecular weight is 321 g/mol. The average Bonchev–Trinajstić information content (AvgIpc) is 2.94. The van der Waals surface area contributed by atoms with E-state index < -0.39 is 6.04 Å². The van der Waals surface area contributed by atoms with Crippen molar-refractivity contribution in [3.05, 3.63) is 17.5 Å². The van der Waals surface area contributed by atoms with Crippen LogP contribution in [0.2, 0.25) is 0 Å². The van der Waals surface area contributed by atoms with Crippen molar-refractivity contribution >= 4 is 11.8 Å². The zero-order valence-electron chi connectivity index (χ0n) is 14.7. The normalized spacial score (nSPS) is 19.3. The standard InChI is InChI=1S/C17H27N3O3/c1-6-19-10-16(21)20(14(17(19)22)7-11(2)3)9-13-8-15(12(4)5)23-18-13/h8,11-12,14H,6-7,9-10H2,1-5H3/t14-/m0/s1. The number of carbonyl (C=O) groups excluding carboxylic acids is 2. The Morgan fingerprint density at radius 2 is 2.00 bits per heavy atom. The van der Waals surface area contributed by atoms with Crippen LogP contribution in [-0.4, -0.2) is 45.9 Å². The molecule has 0 saturated carbocycles. The first kappa shape index (κ1) is 17.5. The fourth-order valence-electron chi connectivity index (χ4n) is 2.84. The van der Waals surface area contributed by atoms with Crippen LogP contribution in [0.25, 0.3) is 0 Å². The van der Waals surface area contributed by atoms with Gasteiger partial charge in [0.1, 0.15) is 17.5 Å². The molecule has 6 nitrogen and oxygen atoms in total. The highest BCUT2D eigenvalue weighted by Gasteiger charge is 2.39. The Kier molecular flexibility index (Phi) is 5.44. The Bertz CT molecular complexity index is 565. The fourth-order valence-corrected chi connectivity index (χ4v) is 2.84. The highest BCUT2D eigenvalue weighted by atomic mass is 16.5. The molecule has 1 aromatic rings. The summed E-state index contributed by atoms with van der Waals surface area (Å²) >= 11 is 0. The van der Waals surface area contributed by atoms with Crippen molar-refractivity contribution < 1.29 is 14.1 Å². The minimum atomic E-state index is -0.407. The maximum absolute atomic E-state index is 12.6. The third-order valence-electron chi connectivity index (χ3n) is 4.17. The molecule has 0 unspecified atom stereocenters. The van der Waals surface area contributed by atoms with Gasteiger partial charge in [-0.15, -0.1) is 0 Å². The Hall–Kier alpha value is -1.85. The van der Waals surface area contributed by atoms with E-state index in [9.17, 15) is 9.59 Å². The SMILES string of the molecule is CCN1CC(=O)N(Cc2cc(C(C)C)on2)[C@@H](CC(C)C)C1=O. The van der Waals surface area contributed by atoms with E-state index in [0.29, 0.717) is 31.1 Å². The van der Waals surface area contributed by atoms with Gasteiger partial charge in [-0.05, 0) is 19.3 Å². The van der Waals surface area contributed by atoms with Gasteiger partial charge in [-0.2, -0.15) is 0 Å². The van der Waals surface area contributed by atoms with E-state index in [2.05, 4.69) is 19.0 Å². The summed E-state index contributed by atoms with van der Waals surface area (Å²) in [4.78, 5) is 28.5. The quantitative estimate of drug-likeness (QED) is 0.807. The van der Waals surface area contributed by atoms with Crippen molar-refractivity contribution in [1.82, 2.24) is 15.0 Å². The molecule has 128 valence electrons. The summed E-state index contributed by atoms with van der Waals surface area (Å²) in [5.41, 5.74) is 0.702. The molecule has 23 heavy (non-hydrogen) atoms. The molecule has 1 aliphatic rings. The van der Waals surface area contributed by atoms with Gasteiger partial charge >= 0.3 is 0 Å². The van der Waals surface area contributed by atoms with E-state index in [1.807, 2.05) is 26.8 Å². The van der Waals surface area contributed by atoms with Gasteiger partial charge < -0.3 is 14.3 Å². The molecule has 2 rings (SSSR count). The van der Waals surface area contributed by atoms with E-state index in [1.54, 1.807) is 9.80 Å². The van der Waals surface area contributed by atoms with Gasteiger partial charge in [0.15, 0.2) is 0 Å². The van der Waals surface area contributed by atoms with Gasteiger partial charge in [0, 0.05) is 18.5 Å². The summed E-state index contributed by atoms with van der Waals surface area (Å²) in [5, 5.41) is 4.05. The van der Waals surface area contributed by atoms with Crippen LogP contribution in [0.1, 0.15) is 58.4 Å². The van der Waals surface area contributed by atoms with Crippen molar-refractivity contribution in [1.29, 1.82) is 0 Å². The van der Waals surface area contributed by atoms with Crippen LogP contribution in [0, 0.1) is 5.92 Å². The van der Waals surface area contributed by atoms with Gasteiger partial charge in [-0.1, -0.05) is 32.9 Å². The van der Waals surface area contributed by atoms with E-state index in [0.717, 1.165) is 5.76 Å². The number of carbonyl (C=O) groups is 2. The van der Waals surface area contributed by atoms with E-state index in [4.69, 9.17) is 4.52 Å². The zero-order valence-corrected chi connectivity index (χ0v) is 14.7. The topological polar surface area (TPSA) is 66.7 Å². The molecule has 2 amide bonds. The molecule has 0 aromatic carbocycles. The number of amides is 2. The second kappa shape index (κ2) is 7.15. The number of aromatic nitrogens is 1. The lowest BCUT2D eigenvalue weighted by atomic mass is 9.98. The fraction of sp³-hybridized carbons (Fsp3) is 0.706. The molecule has 1 aromatic heterocycles. The molecule has 0 aliphatic carbocycles. The lowest BCUT2D eigenvalue weighted by molar-refractivity contribution is -0.157. The first-order valence-electron chi connectivity index (χ1n) is 8.37.